The predicted molar refractivity (Wildman–Crippen MR) is 130 cm³/mol. The molecule has 1 saturated heterocycles. The maximum atomic E-state index is 13.0. The van der Waals surface area contributed by atoms with Gasteiger partial charge < -0.3 is 9.42 Å². The molecule has 3 aromatic rings. The van der Waals surface area contributed by atoms with E-state index >= 15 is 0 Å². The van der Waals surface area contributed by atoms with Crippen LogP contribution in [0.3, 0.4) is 0 Å². The van der Waals surface area contributed by atoms with Crippen LogP contribution >= 0.6 is 23.2 Å². The Labute approximate surface area is 203 Å². The quantitative estimate of drug-likeness (QED) is 0.410. The van der Waals surface area contributed by atoms with Crippen LogP contribution in [0.4, 0.5) is 0 Å². The van der Waals surface area contributed by atoms with Crippen LogP contribution in [0.2, 0.25) is 10.0 Å². The Morgan fingerprint density at radius 2 is 1.67 bits per heavy atom. The molecule has 0 saturated carbocycles. The van der Waals surface area contributed by atoms with Gasteiger partial charge >= 0.3 is 0 Å². The molecule has 0 spiro atoms. The van der Waals surface area contributed by atoms with Gasteiger partial charge in [-0.1, -0.05) is 64.8 Å². The largest absolute Gasteiger partial charge is 0.360 e. The second-order valence-electron chi connectivity index (χ2n) is 8.26. The first-order valence-corrected chi connectivity index (χ1v) is 11.5. The number of benzene rings is 2. The van der Waals surface area contributed by atoms with Crippen LogP contribution < -0.4 is 0 Å². The van der Waals surface area contributed by atoms with Gasteiger partial charge in [-0.3, -0.25) is 9.59 Å². The van der Waals surface area contributed by atoms with E-state index in [1.807, 2.05) is 30.3 Å². The lowest BCUT2D eigenvalue weighted by atomic mass is 9.70. The highest BCUT2D eigenvalue weighted by Gasteiger charge is 2.41. The molecule has 0 unspecified atom stereocenters. The smallest absolute Gasteiger partial charge is 0.246 e. The van der Waals surface area contributed by atoms with Crippen molar-refractivity contribution in [3.05, 3.63) is 81.5 Å². The summed E-state index contributed by atoms with van der Waals surface area (Å²) >= 11 is 12.7. The van der Waals surface area contributed by atoms with Crippen LogP contribution in [0.5, 0.6) is 0 Å². The minimum Gasteiger partial charge on any atom is -0.360 e. The summed E-state index contributed by atoms with van der Waals surface area (Å²) in [7, 11) is 0. The molecule has 0 atom stereocenters. The van der Waals surface area contributed by atoms with Crippen LogP contribution in [0.15, 0.2) is 59.1 Å². The SMILES string of the molecule is CC(=O)C1(c2ccccc2)CCN(C(=O)C=Cc2c(-c3c(Cl)cccc3Cl)noc2C)CC1. The summed E-state index contributed by atoms with van der Waals surface area (Å²) in [5, 5.41) is 5.02. The van der Waals surface area contributed by atoms with Gasteiger partial charge in [-0.25, -0.2) is 0 Å². The number of carbonyl (C=O) groups excluding carboxylic acids is 2. The number of likely N-dealkylation sites (tertiary alicyclic amines) is 1. The van der Waals surface area contributed by atoms with Gasteiger partial charge in [0.25, 0.3) is 0 Å². The Morgan fingerprint density at radius 1 is 1.03 bits per heavy atom. The number of aryl methyl sites for hydroxylation is 1. The number of hydrogen-bond acceptors (Lipinski definition) is 4. The highest BCUT2D eigenvalue weighted by Crippen LogP contribution is 2.38. The van der Waals surface area contributed by atoms with Crippen molar-refractivity contribution in [3.63, 3.8) is 0 Å². The molecular weight excluding hydrogens is 459 g/mol. The first kappa shape index (κ1) is 23.3. The van der Waals surface area contributed by atoms with Crippen LogP contribution in [-0.4, -0.2) is 34.8 Å². The summed E-state index contributed by atoms with van der Waals surface area (Å²) in [6, 6.07) is 15.0. The number of aromatic nitrogens is 1. The van der Waals surface area contributed by atoms with Gasteiger partial charge in [-0.2, -0.15) is 0 Å². The van der Waals surface area contributed by atoms with Gasteiger partial charge in [0.15, 0.2) is 0 Å². The number of carbonyl (C=O) groups is 2. The van der Waals surface area contributed by atoms with E-state index in [4.69, 9.17) is 27.7 Å². The third kappa shape index (κ3) is 4.48. The first-order valence-electron chi connectivity index (χ1n) is 10.8. The minimum atomic E-state index is -0.541. The van der Waals surface area contributed by atoms with Crippen LogP contribution in [0.25, 0.3) is 17.3 Å². The number of piperidine rings is 1. The molecule has 7 heteroatoms. The van der Waals surface area contributed by atoms with Gasteiger partial charge in [0.05, 0.1) is 15.5 Å². The molecule has 2 aromatic carbocycles. The number of nitrogens with zero attached hydrogens (tertiary/aromatic N) is 2. The van der Waals surface area contributed by atoms with E-state index < -0.39 is 5.41 Å². The van der Waals surface area contributed by atoms with E-state index in [0.717, 1.165) is 5.56 Å². The van der Waals surface area contributed by atoms with Gasteiger partial charge in [0, 0.05) is 30.3 Å². The van der Waals surface area contributed by atoms with E-state index in [2.05, 4.69) is 5.16 Å². The lowest BCUT2D eigenvalue weighted by Crippen LogP contribution is -2.48. The molecule has 0 bridgehead atoms. The Balaban J connectivity index is 1.53. The number of hydrogen-bond donors (Lipinski definition) is 0. The van der Waals surface area contributed by atoms with Crippen molar-refractivity contribution in [2.24, 2.45) is 0 Å². The molecule has 1 aliphatic rings. The molecule has 2 heterocycles. The zero-order valence-electron chi connectivity index (χ0n) is 18.5. The molecule has 1 aromatic heterocycles. The fourth-order valence-electron chi connectivity index (χ4n) is 4.45. The van der Waals surface area contributed by atoms with E-state index in [9.17, 15) is 9.59 Å². The van der Waals surface area contributed by atoms with Crippen molar-refractivity contribution in [2.45, 2.75) is 32.1 Å². The van der Waals surface area contributed by atoms with Crippen molar-refractivity contribution < 1.29 is 14.1 Å². The lowest BCUT2D eigenvalue weighted by molar-refractivity contribution is -0.131. The molecular formula is C26H24Cl2N2O3. The summed E-state index contributed by atoms with van der Waals surface area (Å²) in [4.78, 5) is 27.3. The lowest BCUT2D eigenvalue weighted by Gasteiger charge is -2.40. The number of halogens is 2. The Kier molecular flexibility index (Phi) is 6.73. The molecule has 0 radical (unpaired) electrons. The predicted octanol–water partition coefficient (Wildman–Crippen LogP) is 6.12. The summed E-state index contributed by atoms with van der Waals surface area (Å²) in [5.41, 5.74) is 2.18. The average molecular weight is 483 g/mol. The van der Waals surface area contributed by atoms with E-state index in [1.54, 1.807) is 43.0 Å². The van der Waals surface area contributed by atoms with Crippen LogP contribution in [0, 0.1) is 6.92 Å². The Bertz CT molecular complexity index is 1190. The number of amides is 1. The fraction of sp³-hybridized carbons (Fsp3) is 0.269. The summed E-state index contributed by atoms with van der Waals surface area (Å²) in [6.45, 7) is 4.42. The molecule has 0 N–H and O–H groups in total. The number of Topliss-reactive ketones (excluding diaryl/α,β-unsaturated/α-hetero) is 1. The molecule has 1 fully saturated rings. The average Bonchev–Trinajstić information content (AvgIpc) is 3.17. The van der Waals surface area contributed by atoms with E-state index in [1.165, 1.54) is 6.08 Å². The Hall–Kier alpha value is -2.89. The first-order chi connectivity index (χ1) is 15.8. The zero-order valence-corrected chi connectivity index (χ0v) is 20.0. The molecule has 0 aliphatic carbocycles. The topological polar surface area (TPSA) is 63.4 Å². The highest BCUT2D eigenvalue weighted by molar-refractivity contribution is 6.39. The normalized spacial score (nSPS) is 15.7. The van der Waals surface area contributed by atoms with Crippen molar-refractivity contribution in [2.75, 3.05) is 13.1 Å². The molecule has 4 rings (SSSR count). The van der Waals surface area contributed by atoms with Crippen molar-refractivity contribution >= 4 is 41.0 Å². The fourth-order valence-corrected chi connectivity index (χ4v) is 5.03. The molecule has 5 nitrogen and oxygen atoms in total. The van der Waals surface area contributed by atoms with Gasteiger partial charge in [-0.05, 0) is 50.5 Å². The van der Waals surface area contributed by atoms with Crippen LogP contribution in [0.1, 0.15) is 36.7 Å². The molecule has 33 heavy (non-hydrogen) atoms. The summed E-state index contributed by atoms with van der Waals surface area (Å²) < 4.78 is 5.36. The summed E-state index contributed by atoms with van der Waals surface area (Å²) in [6.07, 6.45) is 4.39. The van der Waals surface area contributed by atoms with Crippen molar-refractivity contribution in [1.29, 1.82) is 0 Å². The second kappa shape index (κ2) is 9.54. The third-order valence-corrected chi connectivity index (χ3v) is 7.06. The maximum absolute atomic E-state index is 13.0. The highest BCUT2D eigenvalue weighted by atomic mass is 35.5. The van der Waals surface area contributed by atoms with Crippen LogP contribution in [-0.2, 0) is 15.0 Å². The monoisotopic (exact) mass is 482 g/mol. The second-order valence-corrected chi connectivity index (χ2v) is 9.08. The maximum Gasteiger partial charge on any atom is 0.246 e. The molecule has 170 valence electrons. The molecule has 1 amide bonds. The third-order valence-electron chi connectivity index (χ3n) is 6.43. The van der Waals surface area contributed by atoms with Crippen molar-refractivity contribution in [3.8, 4) is 11.3 Å². The minimum absolute atomic E-state index is 0.128. The zero-order chi connectivity index (χ0) is 23.6. The van der Waals surface area contributed by atoms with Crippen molar-refractivity contribution in [1.82, 2.24) is 10.1 Å². The van der Waals surface area contributed by atoms with Gasteiger partial charge in [0.2, 0.25) is 5.91 Å². The number of rotatable bonds is 5. The number of ketones is 1. The van der Waals surface area contributed by atoms with Gasteiger partial charge in [0.1, 0.15) is 17.2 Å². The summed E-state index contributed by atoms with van der Waals surface area (Å²) in [5.74, 6) is 0.568. The standard InChI is InChI=1S/C26H24Cl2N2O3/c1-17-20(25(29-33-17)24-21(27)9-6-10-22(24)28)11-12-23(32)30-15-13-26(14-16-30,18(2)31)19-7-4-3-5-8-19/h3-12H,13-16H2,1-2H3. The molecule has 1 aliphatic heterocycles. The van der Waals surface area contributed by atoms with E-state index in [-0.39, 0.29) is 11.7 Å². The Morgan fingerprint density at radius 3 is 2.27 bits per heavy atom. The van der Waals surface area contributed by atoms with E-state index in [0.29, 0.717) is 58.6 Å². The van der Waals surface area contributed by atoms with Gasteiger partial charge in [-0.15, -0.1) is 0 Å².